The highest BCUT2D eigenvalue weighted by molar-refractivity contribution is 7.91. The number of amides is 2. The molecule has 10 heteroatoms. The number of nitrogens with one attached hydrogen (secondary N) is 2. The van der Waals surface area contributed by atoms with Gasteiger partial charge in [-0.05, 0) is 67.8 Å². The first-order chi connectivity index (χ1) is 16.7. The minimum Gasteiger partial charge on any atom is -0.340 e. The van der Waals surface area contributed by atoms with Crippen LogP contribution in [-0.2, 0) is 14.6 Å². The second-order valence-corrected chi connectivity index (χ2v) is 11.4. The van der Waals surface area contributed by atoms with Gasteiger partial charge in [0.2, 0.25) is 5.91 Å². The van der Waals surface area contributed by atoms with Crippen LogP contribution >= 0.6 is 0 Å². The zero-order valence-electron chi connectivity index (χ0n) is 19.3. The lowest BCUT2D eigenvalue weighted by atomic mass is 10.1. The number of nitrogens with zero attached hydrogens (tertiary/aromatic N) is 1. The van der Waals surface area contributed by atoms with Crippen molar-refractivity contribution in [3.8, 4) is 0 Å². The fourth-order valence-electron chi connectivity index (χ4n) is 4.35. The maximum atomic E-state index is 13.2. The average molecular weight is 506 g/mol. The summed E-state index contributed by atoms with van der Waals surface area (Å²) in [6, 6.07) is 11.0. The number of benzene rings is 2. The number of sulfone groups is 1. The summed E-state index contributed by atoms with van der Waals surface area (Å²) in [5, 5.41) is 6.19. The van der Waals surface area contributed by atoms with Crippen LogP contribution < -0.4 is 10.6 Å². The number of carbonyl (C=O) groups excluding carboxylic acids is 2. The lowest BCUT2D eigenvalue weighted by Crippen LogP contribution is -2.53. The van der Waals surface area contributed by atoms with E-state index in [1.807, 2.05) is 0 Å². The van der Waals surface area contributed by atoms with Crippen LogP contribution in [0.5, 0.6) is 0 Å². The van der Waals surface area contributed by atoms with E-state index in [1.165, 1.54) is 41.3 Å². The first-order valence-electron chi connectivity index (χ1n) is 11.8. The average Bonchev–Trinajstić information content (AvgIpc) is 3.61. The van der Waals surface area contributed by atoms with Gasteiger partial charge in [0, 0.05) is 30.6 Å². The Hall–Kier alpha value is -2.85. The Morgan fingerprint density at radius 3 is 2.20 bits per heavy atom. The van der Waals surface area contributed by atoms with Crippen molar-refractivity contribution in [2.24, 2.45) is 0 Å². The van der Waals surface area contributed by atoms with Crippen LogP contribution in [-0.4, -0.2) is 68.4 Å². The molecule has 3 atom stereocenters. The molecule has 188 valence electrons. The van der Waals surface area contributed by atoms with Gasteiger partial charge in [-0.15, -0.1) is 0 Å². The van der Waals surface area contributed by atoms with Crippen molar-refractivity contribution < 1.29 is 26.8 Å². The smallest absolute Gasteiger partial charge is 0.251 e. The molecule has 2 aromatic rings. The summed E-state index contributed by atoms with van der Waals surface area (Å²) in [6.07, 6.45) is 1.94. The van der Waals surface area contributed by atoms with Crippen molar-refractivity contribution in [1.29, 1.82) is 0 Å². The van der Waals surface area contributed by atoms with Crippen molar-refractivity contribution in [2.45, 2.75) is 37.3 Å². The third-order valence-corrected chi connectivity index (χ3v) is 8.14. The molecule has 1 heterocycles. The van der Waals surface area contributed by atoms with Gasteiger partial charge in [-0.1, -0.05) is 12.1 Å². The van der Waals surface area contributed by atoms with Gasteiger partial charge in [0.25, 0.3) is 5.91 Å². The minimum atomic E-state index is -3.15. The molecule has 2 aromatic carbocycles. The fraction of sp³-hybridized carbons (Fsp3) is 0.440. The van der Waals surface area contributed by atoms with E-state index in [2.05, 4.69) is 10.6 Å². The van der Waals surface area contributed by atoms with Crippen LogP contribution in [0.2, 0.25) is 0 Å². The predicted octanol–water partition coefficient (Wildman–Crippen LogP) is 2.25. The molecule has 1 aliphatic carbocycles. The Kier molecular flexibility index (Phi) is 7.81. The summed E-state index contributed by atoms with van der Waals surface area (Å²) in [5.74, 6) is -1.37. The summed E-state index contributed by atoms with van der Waals surface area (Å²) in [5.41, 5.74) is 1.33. The van der Waals surface area contributed by atoms with E-state index in [4.69, 9.17) is 0 Å². The topological polar surface area (TPSA) is 95.6 Å². The largest absolute Gasteiger partial charge is 0.340 e. The van der Waals surface area contributed by atoms with Crippen molar-refractivity contribution in [3.05, 3.63) is 71.3 Å². The Morgan fingerprint density at radius 2 is 1.57 bits per heavy atom. The van der Waals surface area contributed by atoms with Crippen molar-refractivity contribution in [2.75, 3.05) is 31.1 Å². The zero-order valence-corrected chi connectivity index (χ0v) is 20.1. The van der Waals surface area contributed by atoms with Crippen LogP contribution in [0.25, 0.3) is 0 Å². The van der Waals surface area contributed by atoms with E-state index in [-0.39, 0.29) is 47.9 Å². The molecule has 0 radical (unpaired) electrons. The fourth-order valence-corrected chi connectivity index (χ4v) is 5.55. The monoisotopic (exact) mass is 505 g/mol. The van der Waals surface area contributed by atoms with Gasteiger partial charge in [-0.25, -0.2) is 17.2 Å². The highest BCUT2D eigenvalue weighted by Crippen LogP contribution is 2.40. The Labute approximate surface area is 203 Å². The van der Waals surface area contributed by atoms with Gasteiger partial charge in [0.1, 0.15) is 17.7 Å². The van der Waals surface area contributed by atoms with Crippen LogP contribution in [0.1, 0.15) is 41.1 Å². The second kappa shape index (κ2) is 10.8. The summed E-state index contributed by atoms with van der Waals surface area (Å²) in [4.78, 5) is 27.3. The van der Waals surface area contributed by atoms with Crippen LogP contribution in [0.4, 0.5) is 8.78 Å². The molecule has 2 N–H and O–H groups in total. The van der Waals surface area contributed by atoms with Crippen molar-refractivity contribution >= 4 is 21.7 Å². The first kappa shape index (κ1) is 25.2. The molecule has 7 nitrogen and oxygen atoms in total. The van der Waals surface area contributed by atoms with Gasteiger partial charge in [-0.3, -0.25) is 9.59 Å². The number of halogens is 2. The second-order valence-electron chi connectivity index (χ2n) is 9.11. The van der Waals surface area contributed by atoms with E-state index in [1.54, 1.807) is 12.1 Å². The molecular formula is C25H29F2N3O4S. The van der Waals surface area contributed by atoms with E-state index < -0.39 is 27.6 Å². The molecule has 4 rings (SSSR count). The van der Waals surface area contributed by atoms with Crippen LogP contribution in [0.15, 0.2) is 48.5 Å². The summed E-state index contributed by atoms with van der Waals surface area (Å²) in [7, 11) is -3.15. The molecule has 0 unspecified atom stereocenters. The van der Waals surface area contributed by atoms with Crippen molar-refractivity contribution in [3.63, 3.8) is 0 Å². The number of rotatable bonds is 9. The minimum absolute atomic E-state index is 0.0919. The molecule has 0 spiro atoms. The predicted molar refractivity (Wildman–Crippen MR) is 128 cm³/mol. The lowest BCUT2D eigenvalue weighted by Gasteiger charge is -2.30. The maximum absolute atomic E-state index is 13.2. The van der Waals surface area contributed by atoms with Gasteiger partial charge < -0.3 is 15.5 Å². The summed E-state index contributed by atoms with van der Waals surface area (Å²) < 4.78 is 49.8. The van der Waals surface area contributed by atoms with Crippen LogP contribution in [0.3, 0.4) is 0 Å². The first-order valence-corrected chi connectivity index (χ1v) is 13.6. The quantitative estimate of drug-likeness (QED) is 0.510. The number of hydrogen-bond donors (Lipinski definition) is 2. The highest BCUT2D eigenvalue weighted by Gasteiger charge is 2.37. The maximum Gasteiger partial charge on any atom is 0.251 e. The molecule has 0 bridgehead atoms. The normalized spacial score (nSPS) is 21.8. The van der Waals surface area contributed by atoms with E-state index in [9.17, 15) is 26.8 Å². The molecule has 1 saturated heterocycles. The molecule has 2 fully saturated rings. The third kappa shape index (κ3) is 6.85. The van der Waals surface area contributed by atoms with E-state index in [0.29, 0.717) is 25.3 Å². The van der Waals surface area contributed by atoms with Gasteiger partial charge in [0.05, 0.1) is 11.5 Å². The highest BCUT2D eigenvalue weighted by atomic mass is 32.2. The molecule has 2 amide bonds. The Balaban J connectivity index is 1.32. The number of carbonyl (C=O) groups is 2. The Morgan fingerprint density at radius 1 is 0.971 bits per heavy atom. The van der Waals surface area contributed by atoms with E-state index in [0.717, 1.165) is 12.0 Å². The van der Waals surface area contributed by atoms with E-state index >= 15 is 0 Å². The zero-order chi connectivity index (χ0) is 25.0. The van der Waals surface area contributed by atoms with Gasteiger partial charge >= 0.3 is 0 Å². The lowest BCUT2D eigenvalue weighted by molar-refractivity contribution is -0.133. The Bertz CT molecular complexity index is 1140. The summed E-state index contributed by atoms with van der Waals surface area (Å²) >= 11 is 0. The number of hydrogen-bond acceptors (Lipinski definition) is 5. The molecule has 0 aromatic heterocycles. The summed E-state index contributed by atoms with van der Waals surface area (Å²) in [6.45, 7) is 0.834. The molecule has 1 aliphatic heterocycles. The molecule has 2 aliphatic rings. The standard InChI is InChI=1S/C25H29F2N3O4S/c26-19-7-3-17(4-8-19)21-16-23(21)28-11-1-2-22(25(32)30-12-14-35(33,34)15-13-30)29-24(31)18-5-9-20(27)10-6-18/h3-10,21-23,28H,1-2,11-16H2,(H,29,31)/t21-,22-,23+/m0/s1. The van der Waals surface area contributed by atoms with Gasteiger partial charge in [-0.2, -0.15) is 0 Å². The van der Waals surface area contributed by atoms with Gasteiger partial charge in [0.15, 0.2) is 9.84 Å². The molecule has 1 saturated carbocycles. The van der Waals surface area contributed by atoms with Crippen LogP contribution in [0, 0.1) is 11.6 Å². The third-order valence-electron chi connectivity index (χ3n) is 6.53. The SMILES string of the molecule is O=C(N[C@@H](CCCN[C@@H]1C[C@H]1c1ccc(F)cc1)C(=O)N1CCS(=O)(=O)CC1)c1ccc(F)cc1. The molecule has 35 heavy (non-hydrogen) atoms. The van der Waals surface area contributed by atoms with Crippen molar-refractivity contribution in [1.82, 2.24) is 15.5 Å². The molecular weight excluding hydrogens is 476 g/mol.